The number of rotatable bonds is 2. The summed E-state index contributed by atoms with van der Waals surface area (Å²) in [6.45, 7) is 7.31. The molecule has 0 bridgehead atoms. The first-order valence-electron chi connectivity index (χ1n) is 7.33. The van der Waals surface area contributed by atoms with Crippen molar-refractivity contribution in [3.63, 3.8) is 0 Å². The molecule has 94 valence electrons. The normalized spacial score (nSPS) is 39.6. The van der Waals surface area contributed by atoms with E-state index in [1.54, 1.807) is 0 Å². The Balaban J connectivity index is 1.84. The highest BCUT2D eigenvalue weighted by atomic mass is 15.0. The molecule has 2 fully saturated rings. The van der Waals surface area contributed by atoms with Gasteiger partial charge in [0.05, 0.1) is 0 Å². The molecular formula is C15H29N. The van der Waals surface area contributed by atoms with Crippen LogP contribution in [0, 0.1) is 11.3 Å². The maximum atomic E-state index is 3.96. The fourth-order valence-corrected chi connectivity index (χ4v) is 3.71. The zero-order valence-electron chi connectivity index (χ0n) is 11.4. The molecule has 1 heteroatoms. The Morgan fingerprint density at radius 2 is 1.75 bits per heavy atom. The van der Waals surface area contributed by atoms with Crippen LogP contribution in [0.25, 0.3) is 0 Å². The number of hydrogen-bond acceptors (Lipinski definition) is 1. The van der Waals surface area contributed by atoms with Crippen LogP contribution >= 0.6 is 0 Å². The molecule has 0 amide bonds. The van der Waals surface area contributed by atoms with Crippen molar-refractivity contribution in [3.05, 3.63) is 0 Å². The average molecular weight is 223 g/mol. The molecule has 2 saturated carbocycles. The molecule has 0 aromatic carbocycles. The minimum absolute atomic E-state index is 0.577. The lowest BCUT2D eigenvalue weighted by Crippen LogP contribution is -2.46. The Labute approximate surface area is 101 Å². The standard InChI is InChI=1S/C15H29N/c1-12-7-4-5-9-14(12)16-13-8-6-10-15(2,3)11-13/h12-14,16H,4-11H2,1-3H3. The van der Waals surface area contributed by atoms with E-state index in [2.05, 4.69) is 26.1 Å². The predicted octanol–water partition coefficient (Wildman–Crippen LogP) is 4.12. The van der Waals surface area contributed by atoms with E-state index in [9.17, 15) is 0 Å². The molecule has 1 N–H and O–H groups in total. The van der Waals surface area contributed by atoms with Gasteiger partial charge >= 0.3 is 0 Å². The predicted molar refractivity (Wildman–Crippen MR) is 70.6 cm³/mol. The van der Waals surface area contributed by atoms with Crippen LogP contribution in [0.5, 0.6) is 0 Å². The third-order valence-corrected chi connectivity index (χ3v) is 4.77. The van der Waals surface area contributed by atoms with Gasteiger partial charge in [-0.3, -0.25) is 0 Å². The maximum absolute atomic E-state index is 3.96. The second-order valence-electron chi connectivity index (χ2n) is 6.99. The van der Waals surface area contributed by atoms with Gasteiger partial charge in [0, 0.05) is 12.1 Å². The minimum Gasteiger partial charge on any atom is -0.311 e. The summed E-state index contributed by atoms with van der Waals surface area (Å²) >= 11 is 0. The van der Waals surface area contributed by atoms with Crippen molar-refractivity contribution < 1.29 is 0 Å². The summed E-state index contributed by atoms with van der Waals surface area (Å²) < 4.78 is 0. The van der Waals surface area contributed by atoms with E-state index in [-0.39, 0.29) is 0 Å². The lowest BCUT2D eigenvalue weighted by atomic mass is 9.74. The first-order valence-corrected chi connectivity index (χ1v) is 7.33. The molecule has 2 aliphatic carbocycles. The van der Waals surface area contributed by atoms with E-state index in [1.807, 2.05) is 0 Å². The molecule has 0 saturated heterocycles. The van der Waals surface area contributed by atoms with Gasteiger partial charge < -0.3 is 5.32 Å². The molecule has 0 radical (unpaired) electrons. The quantitative estimate of drug-likeness (QED) is 0.742. The van der Waals surface area contributed by atoms with Crippen LogP contribution in [0.1, 0.15) is 72.1 Å². The first-order chi connectivity index (χ1) is 7.57. The maximum Gasteiger partial charge on any atom is 0.00952 e. The SMILES string of the molecule is CC1CCCCC1NC1CCCC(C)(C)C1. The van der Waals surface area contributed by atoms with Crippen molar-refractivity contribution in [3.8, 4) is 0 Å². The Bertz CT molecular complexity index is 221. The fourth-order valence-electron chi connectivity index (χ4n) is 3.71. The molecule has 1 nitrogen and oxygen atoms in total. The highest BCUT2D eigenvalue weighted by molar-refractivity contribution is 4.87. The fraction of sp³-hybridized carbons (Fsp3) is 1.00. The van der Waals surface area contributed by atoms with Gasteiger partial charge in [0.1, 0.15) is 0 Å². The summed E-state index contributed by atoms with van der Waals surface area (Å²) in [6.07, 6.45) is 11.4. The smallest absolute Gasteiger partial charge is 0.00952 e. The Morgan fingerprint density at radius 1 is 1.00 bits per heavy atom. The van der Waals surface area contributed by atoms with Gasteiger partial charge in [0.25, 0.3) is 0 Å². The lowest BCUT2D eigenvalue weighted by Gasteiger charge is -2.40. The van der Waals surface area contributed by atoms with E-state index >= 15 is 0 Å². The Hall–Kier alpha value is -0.0400. The summed E-state index contributed by atoms with van der Waals surface area (Å²) in [5.41, 5.74) is 0.577. The van der Waals surface area contributed by atoms with Gasteiger partial charge in [-0.1, -0.05) is 40.0 Å². The highest BCUT2D eigenvalue weighted by Gasteiger charge is 2.30. The second kappa shape index (κ2) is 5.08. The average Bonchev–Trinajstić information content (AvgIpc) is 2.20. The van der Waals surface area contributed by atoms with Crippen LogP contribution in [0.2, 0.25) is 0 Å². The number of nitrogens with one attached hydrogen (secondary N) is 1. The van der Waals surface area contributed by atoms with Crippen molar-refractivity contribution >= 4 is 0 Å². The molecule has 0 aromatic heterocycles. The van der Waals surface area contributed by atoms with E-state index in [0.29, 0.717) is 5.41 Å². The van der Waals surface area contributed by atoms with E-state index in [4.69, 9.17) is 0 Å². The van der Waals surface area contributed by atoms with Crippen molar-refractivity contribution in [2.75, 3.05) is 0 Å². The van der Waals surface area contributed by atoms with Crippen LogP contribution < -0.4 is 5.32 Å². The van der Waals surface area contributed by atoms with Crippen molar-refractivity contribution in [1.82, 2.24) is 5.32 Å². The molecule has 16 heavy (non-hydrogen) atoms. The lowest BCUT2D eigenvalue weighted by molar-refractivity contribution is 0.165. The molecule has 3 atom stereocenters. The summed E-state index contributed by atoms with van der Waals surface area (Å²) in [5.74, 6) is 0.902. The topological polar surface area (TPSA) is 12.0 Å². The van der Waals surface area contributed by atoms with Crippen LogP contribution in [0.4, 0.5) is 0 Å². The van der Waals surface area contributed by atoms with Crippen LogP contribution in [0.15, 0.2) is 0 Å². The highest BCUT2D eigenvalue weighted by Crippen LogP contribution is 2.36. The molecule has 3 unspecified atom stereocenters. The second-order valence-corrected chi connectivity index (χ2v) is 6.99. The van der Waals surface area contributed by atoms with Gasteiger partial charge in [-0.25, -0.2) is 0 Å². The molecule has 0 aromatic rings. The zero-order chi connectivity index (χ0) is 11.6. The third-order valence-electron chi connectivity index (χ3n) is 4.77. The van der Waals surface area contributed by atoms with Crippen LogP contribution in [-0.2, 0) is 0 Å². The van der Waals surface area contributed by atoms with Crippen LogP contribution in [0.3, 0.4) is 0 Å². The van der Waals surface area contributed by atoms with Gasteiger partial charge in [-0.05, 0) is 43.4 Å². The molecule has 0 aliphatic heterocycles. The zero-order valence-corrected chi connectivity index (χ0v) is 11.4. The molecule has 0 heterocycles. The van der Waals surface area contributed by atoms with Crippen molar-refractivity contribution in [2.24, 2.45) is 11.3 Å². The summed E-state index contributed by atoms with van der Waals surface area (Å²) in [7, 11) is 0. The molecule has 0 spiro atoms. The summed E-state index contributed by atoms with van der Waals surface area (Å²) in [4.78, 5) is 0. The molecular weight excluding hydrogens is 194 g/mol. The number of hydrogen-bond donors (Lipinski definition) is 1. The van der Waals surface area contributed by atoms with Crippen LogP contribution in [-0.4, -0.2) is 12.1 Å². The van der Waals surface area contributed by atoms with E-state index in [0.717, 1.165) is 18.0 Å². The van der Waals surface area contributed by atoms with Gasteiger partial charge in [0.2, 0.25) is 0 Å². The Morgan fingerprint density at radius 3 is 2.44 bits per heavy atom. The van der Waals surface area contributed by atoms with Crippen molar-refractivity contribution in [2.45, 2.75) is 84.2 Å². The van der Waals surface area contributed by atoms with E-state index in [1.165, 1.54) is 51.4 Å². The monoisotopic (exact) mass is 223 g/mol. The van der Waals surface area contributed by atoms with Gasteiger partial charge in [-0.15, -0.1) is 0 Å². The molecule has 2 rings (SSSR count). The third kappa shape index (κ3) is 3.23. The van der Waals surface area contributed by atoms with Crippen molar-refractivity contribution in [1.29, 1.82) is 0 Å². The molecule has 2 aliphatic rings. The Kier molecular flexibility index (Phi) is 3.94. The minimum atomic E-state index is 0.577. The summed E-state index contributed by atoms with van der Waals surface area (Å²) in [6, 6.07) is 1.61. The van der Waals surface area contributed by atoms with Gasteiger partial charge in [0.15, 0.2) is 0 Å². The van der Waals surface area contributed by atoms with E-state index < -0.39 is 0 Å². The first kappa shape index (κ1) is 12.4. The summed E-state index contributed by atoms with van der Waals surface area (Å²) in [5, 5.41) is 3.96. The van der Waals surface area contributed by atoms with Gasteiger partial charge in [-0.2, -0.15) is 0 Å². The largest absolute Gasteiger partial charge is 0.311 e.